The van der Waals surface area contributed by atoms with E-state index in [1.165, 1.54) is 42.5 Å². The topological polar surface area (TPSA) is 164 Å². The van der Waals surface area contributed by atoms with Crippen molar-refractivity contribution in [3.8, 4) is 0 Å². The molecule has 0 bridgehead atoms. The van der Waals surface area contributed by atoms with E-state index in [9.17, 15) is 9.90 Å². The fraction of sp³-hybridized carbons (Fsp3) is 0.531. The number of amidine groups is 1. The Morgan fingerprint density at radius 2 is 1.68 bits per heavy atom. The van der Waals surface area contributed by atoms with Crippen LogP contribution >= 0.6 is 0 Å². The van der Waals surface area contributed by atoms with Gasteiger partial charge in [0.1, 0.15) is 11.7 Å². The van der Waals surface area contributed by atoms with Crippen molar-refractivity contribution in [3.05, 3.63) is 58.9 Å². The molecule has 4 aliphatic rings. The number of fused-ring (bicyclic) bond motifs is 1. The predicted octanol–water partition coefficient (Wildman–Crippen LogP) is 3.50. The lowest BCUT2D eigenvalue weighted by molar-refractivity contribution is 0.181. The van der Waals surface area contributed by atoms with E-state index in [4.69, 9.17) is 0 Å². The SMILES string of the molecule is O=C(NC1Cc2ccc(C3=NCC(O)CN3)cc2C1)N[C@H]1CC[C@H](Nc2nccc(Nc3cc(C4CCCC4)[nH]n3)n2)CC1. The van der Waals surface area contributed by atoms with Crippen LogP contribution in [0.15, 0.2) is 41.5 Å². The molecule has 44 heavy (non-hydrogen) atoms. The molecule has 2 saturated carbocycles. The summed E-state index contributed by atoms with van der Waals surface area (Å²) in [4.78, 5) is 26.4. The fourth-order valence-corrected chi connectivity index (χ4v) is 7.05. The molecule has 0 radical (unpaired) electrons. The van der Waals surface area contributed by atoms with Gasteiger partial charge in [-0.05, 0) is 74.6 Å². The van der Waals surface area contributed by atoms with Crippen LogP contribution in [0, 0.1) is 0 Å². The molecule has 2 amide bonds. The average molecular weight is 599 g/mol. The summed E-state index contributed by atoms with van der Waals surface area (Å²) >= 11 is 0. The highest BCUT2D eigenvalue weighted by molar-refractivity contribution is 5.99. The molecule has 1 aliphatic heterocycles. The first-order valence-electron chi connectivity index (χ1n) is 16.1. The summed E-state index contributed by atoms with van der Waals surface area (Å²) in [6, 6.07) is 10.7. The molecule has 2 unspecified atom stereocenters. The van der Waals surface area contributed by atoms with E-state index in [0.717, 1.165) is 55.7 Å². The number of aliphatic hydroxyl groups excluding tert-OH is 1. The van der Waals surface area contributed by atoms with Gasteiger partial charge in [0.15, 0.2) is 5.82 Å². The maximum absolute atomic E-state index is 12.9. The molecule has 232 valence electrons. The fourth-order valence-electron chi connectivity index (χ4n) is 7.05. The van der Waals surface area contributed by atoms with Crippen LogP contribution in [-0.4, -0.2) is 74.5 Å². The number of benzene rings is 1. The lowest BCUT2D eigenvalue weighted by atomic mass is 9.91. The second-order valence-corrected chi connectivity index (χ2v) is 12.7. The number of hydrogen-bond donors (Lipinski definition) is 7. The number of aliphatic imine (C=N–C) groups is 1. The largest absolute Gasteiger partial charge is 0.389 e. The van der Waals surface area contributed by atoms with Crippen LogP contribution in [0.1, 0.15) is 79.7 Å². The van der Waals surface area contributed by atoms with Gasteiger partial charge in [-0.15, -0.1) is 0 Å². The Hall–Kier alpha value is -4.19. The number of rotatable bonds is 8. The molecule has 1 aromatic carbocycles. The highest BCUT2D eigenvalue weighted by Crippen LogP contribution is 2.34. The molecule has 3 heterocycles. The van der Waals surface area contributed by atoms with Crippen LogP contribution in [0.25, 0.3) is 0 Å². The number of hydrogen-bond acceptors (Lipinski definition) is 9. The summed E-state index contributed by atoms with van der Waals surface area (Å²) in [7, 11) is 0. The number of carbonyl (C=O) groups excluding carboxylic acids is 1. The van der Waals surface area contributed by atoms with E-state index in [-0.39, 0.29) is 24.2 Å². The van der Waals surface area contributed by atoms with Crippen molar-refractivity contribution in [2.24, 2.45) is 4.99 Å². The van der Waals surface area contributed by atoms with Crippen molar-refractivity contribution in [3.63, 3.8) is 0 Å². The number of nitrogens with one attached hydrogen (secondary N) is 6. The number of anilines is 3. The van der Waals surface area contributed by atoms with Crippen molar-refractivity contribution < 1.29 is 9.90 Å². The average Bonchev–Trinajstić information content (AvgIpc) is 3.80. The molecule has 2 aromatic heterocycles. The third-order valence-electron chi connectivity index (χ3n) is 9.41. The monoisotopic (exact) mass is 598 g/mol. The zero-order valence-electron chi connectivity index (χ0n) is 25.0. The van der Waals surface area contributed by atoms with Gasteiger partial charge in [-0.25, -0.2) is 9.78 Å². The predicted molar refractivity (Wildman–Crippen MR) is 169 cm³/mol. The minimum Gasteiger partial charge on any atom is -0.389 e. The smallest absolute Gasteiger partial charge is 0.315 e. The zero-order valence-corrected chi connectivity index (χ0v) is 25.0. The number of aromatic amines is 1. The standard InChI is InChI=1S/C32H42N10O2/c43-26-17-34-30(35-18-26)21-6-5-20-14-25(15-22(20)13-21)38-32(44)37-24-9-7-23(8-10-24)36-31-33-12-11-28(40-31)39-29-16-27(41-42-29)19-3-1-2-4-19/h5-6,11-13,16,19,23-26,43H,1-4,7-10,14-15,17-18H2,(H,34,35)(H2,37,38,44)(H3,33,36,39,40,41,42)/t23-,24-,25?. The summed E-state index contributed by atoms with van der Waals surface area (Å²) < 4.78 is 0. The maximum atomic E-state index is 12.9. The number of H-pyrrole nitrogens is 1. The van der Waals surface area contributed by atoms with Crippen LogP contribution < -0.4 is 26.6 Å². The van der Waals surface area contributed by atoms with E-state index < -0.39 is 6.10 Å². The highest BCUT2D eigenvalue weighted by atomic mass is 16.3. The van der Waals surface area contributed by atoms with Crippen LogP contribution in [0.3, 0.4) is 0 Å². The summed E-state index contributed by atoms with van der Waals surface area (Å²) in [6.07, 6.45) is 11.7. The molecule has 2 fully saturated rings. The molecule has 7 rings (SSSR count). The summed E-state index contributed by atoms with van der Waals surface area (Å²) in [5.74, 6) is 3.51. The van der Waals surface area contributed by atoms with Crippen molar-refractivity contribution in [1.82, 2.24) is 36.1 Å². The van der Waals surface area contributed by atoms with Gasteiger partial charge in [0.2, 0.25) is 5.95 Å². The van der Waals surface area contributed by atoms with E-state index in [2.05, 4.69) is 76.0 Å². The van der Waals surface area contributed by atoms with Crippen molar-refractivity contribution in [2.75, 3.05) is 23.7 Å². The number of β-amino-alcohol motifs (C(OH)–C–C–N with tert-alkyl or cyclic N) is 1. The zero-order chi connectivity index (χ0) is 29.9. The number of carbonyl (C=O) groups is 1. The third-order valence-corrected chi connectivity index (χ3v) is 9.41. The number of nitrogens with zero attached hydrogens (tertiary/aromatic N) is 4. The van der Waals surface area contributed by atoms with Gasteiger partial charge in [0, 0.05) is 54.1 Å². The van der Waals surface area contributed by atoms with Gasteiger partial charge in [-0.1, -0.05) is 25.0 Å². The molecule has 0 saturated heterocycles. The quantitative estimate of drug-likeness (QED) is 0.207. The Balaban J connectivity index is 0.846. The molecule has 3 aromatic rings. The maximum Gasteiger partial charge on any atom is 0.315 e. The number of aromatic nitrogens is 4. The van der Waals surface area contributed by atoms with Gasteiger partial charge >= 0.3 is 6.03 Å². The summed E-state index contributed by atoms with van der Waals surface area (Å²) in [6.45, 7) is 0.942. The first-order chi connectivity index (χ1) is 21.5. The Bertz CT molecular complexity index is 1490. The van der Waals surface area contributed by atoms with Crippen molar-refractivity contribution in [2.45, 2.75) is 94.4 Å². The molecular formula is C32H42N10O2. The summed E-state index contributed by atoms with van der Waals surface area (Å²) in [5.41, 5.74) is 4.74. The minimum absolute atomic E-state index is 0.0788. The second kappa shape index (κ2) is 12.8. The van der Waals surface area contributed by atoms with E-state index in [1.54, 1.807) is 6.20 Å². The van der Waals surface area contributed by atoms with Crippen LogP contribution in [0.2, 0.25) is 0 Å². The van der Waals surface area contributed by atoms with Gasteiger partial charge < -0.3 is 31.7 Å². The molecule has 3 aliphatic carbocycles. The first kappa shape index (κ1) is 28.6. The van der Waals surface area contributed by atoms with Gasteiger partial charge in [0.05, 0.1) is 12.6 Å². The third kappa shape index (κ3) is 6.80. The highest BCUT2D eigenvalue weighted by Gasteiger charge is 2.27. The van der Waals surface area contributed by atoms with E-state index >= 15 is 0 Å². The molecular weight excluding hydrogens is 556 g/mol. The minimum atomic E-state index is -0.428. The number of urea groups is 1. The van der Waals surface area contributed by atoms with Crippen LogP contribution in [-0.2, 0) is 12.8 Å². The van der Waals surface area contributed by atoms with Gasteiger partial charge in [-0.2, -0.15) is 10.1 Å². The lowest BCUT2D eigenvalue weighted by Gasteiger charge is -2.30. The Morgan fingerprint density at radius 1 is 0.886 bits per heavy atom. The van der Waals surface area contributed by atoms with Crippen LogP contribution in [0.5, 0.6) is 0 Å². The molecule has 7 N–H and O–H groups in total. The van der Waals surface area contributed by atoms with Gasteiger partial charge in [-0.3, -0.25) is 10.1 Å². The lowest BCUT2D eigenvalue weighted by Crippen LogP contribution is -2.48. The molecule has 12 nitrogen and oxygen atoms in total. The molecule has 0 spiro atoms. The number of aliphatic hydroxyl groups is 1. The van der Waals surface area contributed by atoms with E-state index in [1.807, 2.05) is 6.07 Å². The van der Waals surface area contributed by atoms with E-state index in [0.29, 0.717) is 30.8 Å². The van der Waals surface area contributed by atoms with Crippen molar-refractivity contribution in [1.29, 1.82) is 0 Å². The van der Waals surface area contributed by atoms with Crippen molar-refractivity contribution >= 4 is 29.5 Å². The first-order valence-corrected chi connectivity index (χ1v) is 16.1. The molecule has 12 heteroatoms. The Morgan fingerprint density at radius 3 is 2.50 bits per heavy atom. The normalized spacial score (nSPS) is 25.1. The van der Waals surface area contributed by atoms with Gasteiger partial charge in [0.25, 0.3) is 0 Å². The summed E-state index contributed by atoms with van der Waals surface area (Å²) in [5, 5.41) is 33.7. The van der Waals surface area contributed by atoms with Crippen LogP contribution in [0.4, 0.5) is 22.4 Å². The second-order valence-electron chi connectivity index (χ2n) is 12.7. The number of amides is 2. The Kier molecular flexibility index (Phi) is 8.32. The molecule has 2 atom stereocenters. The Labute approximate surface area is 257 Å².